The first kappa shape index (κ1) is 19.0. The van der Waals surface area contributed by atoms with Gasteiger partial charge in [-0.25, -0.2) is 4.79 Å². The van der Waals surface area contributed by atoms with Crippen molar-refractivity contribution in [2.45, 2.75) is 45.9 Å². The molecule has 0 unspecified atom stereocenters. The maximum atomic E-state index is 12.1. The molecule has 24 heavy (non-hydrogen) atoms. The minimum atomic E-state index is -1.15. The summed E-state index contributed by atoms with van der Waals surface area (Å²) in [5.41, 5.74) is 1.33. The van der Waals surface area contributed by atoms with Gasteiger partial charge in [-0.3, -0.25) is 0 Å². The Labute approximate surface area is 149 Å². The van der Waals surface area contributed by atoms with Gasteiger partial charge in [-0.15, -0.1) is 0 Å². The summed E-state index contributed by atoms with van der Waals surface area (Å²) in [6, 6.07) is 4.81. The number of methoxy groups -OCH3 is 1. The Morgan fingerprint density at radius 3 is 2.67 bits per heavy atom. The summed E-state index contributed by atoms with van der Waals surface area (Å²) in [4.78, 5) is 12.1. The molecule has 0 bridgehead atoms. The second-order valence-corrected chi connectivity index (χ2v) is 13.0. The van der Waals surface area contributed by atoms with Gasteiger partial charge in [-0.05, 0) is 30.6 Å². The molecule has 2 rings (SSSR count). The third-order valence-electron chi connectivity index (χ3n) is 3.98. The van der Waals surface area contributed by atoms with Crippen LogP contribution in [-0.4, -0.2) is 32.3 Å². The second-order valence-electron chi connectivity index (χ2n) is 6.99. The van der Waals surface area contributed by atoms with E-state index in [4.69, 9.17) is 21.1 Å². The summed E-state index contributed by atoms with van der Waals surface area (Å²) in [7, 11) is 0.232. The first-order valence-corrected chi connectivity index (χ1v) is 12.2. The van der Waals surface area contributed by atoms with E-state index in [2.05, 4.69) is 19.6 Å². The zero-order valence-corrected chi connectivity index (χ0v) is 16.8. The van der Waals surface area contributed by atoms with Crippen molar-refractivity contribution >= 4 is 36.5 Å². The maximum absolute atomic E-state index is 12.1. The summed E-state index contributed by atoms with van der Waals surface area (Å²) < 4.78 is 14.5. The molecule has 0 N–H and O–H groups in total. The van der Waals surface area contributed by atoms with Crippen LogP contribution in [0.3, 0.4) is 0 Å². The van der Waals surface area contributed by atoms with Gasteiger partial charge in [-0.1, -0.05) is 19.6 Å². The zero-order chi connectivity index (χ0) is 17.9. The molecule has 0 amide bonds. The van der Waals surface area contributed by atoms with Crippen molar-refractivity contribution < 1.29 is 18.8 Å². The largest absolute Gasteiger partial charge is 0.464 e. The van der Waals surface area contributed by atoms with Crippen LogP contribution in [0, 0.1) is 0 Å². The molecule has 2 aromatic rings. The van der Waals surface area contributed by atoms with Gasteiger partial charge < -0.3 is 14.0 Å². The molecular formula is C17H26ClN2O3Si+. The van der Waals surface area contributed by atoms with Gasteiger partial charge in [0.15, 0.2) is 6.20 Å². The molecule has 0 aromatic carbocycles. The summed E-state index contributed by atoms with van der Waals surface area (Å²) >= 11 is 6.46. The molecule has 0 aliphatic carbocycles. The highest BCUT2D eigenvalue weighted by molar-refractivity contribution is 6.76. The van der Waals surface area contributed by atoms with Crippen LogP contribution in [0.25, 0.3) is 10.9 Å². The monoisotopic (exact) mass is 369 g/mol. The first-order valence-electron chi connectivity index (χ1n) is 8.15. The SMILES string of the molecule is CC[n+]1ccc2c(cc(C(=O)OC)n2COCC[Si](C)(C)C)c1Cl. The van der Waals surface area contributed by atoms with Crippen LogP contribution in [0.2, 0.25) is 30.8 Å². The van der Waals surface area contributed by atoms with E-state index >= 15 is 0 Å². The maximum Gasteiger partial charge on any atom is 0.354 e. The van der Waals surface area contributed by atoms with Crippen LogP contribution in [-0.2, 0) is 22.7 Å². The van der Waals surface area contributed by atoms with Gasteiger partial charge >= 0.3 is 5.97 Å². The number of carbonyl (C=O) groups excluding carboxylic acids is 1. The van der Waals surface area contributed by atoms with Crippen molar-refractivity contribution in [3.05, 3.63) is 29.2 Å². The topological polar surface area (TPSA) is 44.3 Å². The van der Waals surface area contributed by atoms with Crippen LogP contribution in [0.1, 0.15) is 17.4 Å². The fourth-order valence-electron chi connectivity index (χ4n) is 2.48. The van der Waals surface area contributed by atoms with Crippen LogP contribution < -0.4 is 4.57 Å². The van der Waals surface area contributed by atoms with Gasteiger partial charge in [0, 0.05) is 20.7 Å². The number of carbonyl (C=O) groups is 1. The Hall–Kier alpha value is -1.37. The second kappa shape index (κ2) is 7.67. The fourth-order valence-corrected chi connectivity index (χ4v) is 3.56. The van der Waals surface area contributed by atoms with Crippen molar-refractivity contribution in [2.75, 3.05) is 13.7 Å². The van der Waals surface area contributed by atoms with Crippen molar-refractivity contribution in [1.29, 1.82) is 0 Å². The van der Waals surface area contributed by atoms with E-state index in [1.807, 2.05) is 28.3 Å². The third kappa shape index (κ3) is 4.17. The molecule has 7 heteroatoms. The zero-order valence-electron chi connectivity index (χ0n) is 15.1. The van der Waals surface area contributed by atoms with E-state index in [0.29, 0.717) is 24.2 Å². The number of fused-ring (bicyclic) bond motifs is 1. The highest BCUT2D eigenvalue weighted by Crippen LogP contribution is 2.25. The van der Waals surface area contributed by atoms with Gasteiger partial charge in [0.2, 0.25) is 0 Å². The number of aryl methyl sites for hydroxylation is 1. The lowest BCUT2D eigenvalue weighted by atomic mass is 10.3. The lowest BCUT2D eigenvalue weighted by Gasteiger charge is -2.16. The molecule has 2 heterocycles. The number of nitrogens with zero attached hydrogens (tertiary/aromatic N) is 2. The summed E-state index contributed by atoms with van der Waals surface area (Å²) in [6.07, 6.45) is 1.92. The highest BCUT2D eigenvalue weighted by Gasteiger charge is 2.22. The van der Waals surface area contributed by atoms with E-state index in [9.17, 15) is 4.79 Å². The molecule has 0 spiro atoms. The lowest BCUT2D eigenvalue weighted by molar-refractivity contribution is -0.690. The van der Waals surface area contributed by atoms with E-state index < -0.39 is 8.07 Å². The Morgan fingerprint density at radius 2 is 2.08 bits per heavy atom. The number of aromatic nitrogens is 2. The van der Waals surface area contributed by atoms with Gasteiger partial charge in [-0.2, -0.15) is 4.57 Å². The van der Waals surface area contributed by atoms with Crippen molar-refractivity contribution in [3.8, 4) is 0 Å². The van der Waals surface area contributed by atoms with Crippen molar-refractivity contribution in [1.82, 2.24) is 4.57 Å². The Bertz CT molecular complexity index is 737. The van der Waals surface area contributed by atoms with Crippen LogP contribution >= 0.6 is 11.6 Å². The Kier molecular flexibility index (Phi) is 6.06. The van der Waals surface area contributed by atoms with E-state index in [1.54, 1.807) is 6.07 Å². The molecule has 132 valence electrons. The predicted octanol–water partition coefficient (Wildman–Crippen LogP) is 3.70. The quantitative estimate of drug-likeness (QED) is 0.246. The average molecular weight is 370 g/mol. The number of halogens is 1. The standard InChI is InChI=1S/C17H26ClN2O3Si/c1-6-19-8-7-14-13(16(19)18)11-15(17(21)22-2)20(14)12-23-9-10-24(3,4)5/h7-8,11H,6,9-10,12H2,1-5H3/q+1. The molecular weight excluding hydrogens is 344 g/mol. The van der Waals surface area contributed by atoms with Gasteiger partial charge in [0.05, 0.1) is 18.0 Å². The molecule has 0 atom stereocenters. The molecule has 0 fully saturated rings. The lowest BCUT2D eigenvalue weighted by Crippen LogP contribution is -2.33. The average Bonchev–Trinajstić information content (AvgIpc) is 2.90. The van der Waals surface area contributed by atoms with Crippen molar-refractivity contribution in [3.63, 3.8) is 0 Å². The molecule has 0 aliphatic rings. The number of hydrogen-bond donors (Lipinski definition) is 0. The van der Waals surface area contributed by atoms with Gasteiger partial charge in [0.1, 0.15) is 19.0 Å². The molecule has 0 saturated carbocycles. The molecule has 0 radical (unpaired) electrons. The first-order chi connectivity index (χ1) is 11.3. The Morgan fingerprint density at radius 1 is 1.38 bits per heavy atom. The molecule has 2 aromatic heterocycles. The third-order valence-corrected chi connectivity index (χ3v) is 6.10. The number of esters is 1. The molecule has 0 saturated heterocycles. The minimum Gasteiger partial charge on any atom is -0.464 e. The van der Waals surface area contributed by atoms with Crippen LogP contribution in [0.5, 0.6) is 0 Å². The van der Waals surface area contributed by atoms with E-state index in [-0.39, 0.29) is 5.97 Å². The molecule has 0 aliphatic heterocycles. The Balaban J connectivity index is 2.35. The van der Waals surface area contributed by atoms with E-state index in [1.165, 1.54) is 7.11 Å². The summed E-state index contributed by atoms with van der Waals surface area (Å²) in [5.74, 6) is -0.390. The number of ether oxygens (including phenoxy) is 2. The van der Waals surface area contributed by atoms with Crippen LogP contribution in [0.15, 0.2) is 18.3 Å². The number of pyridine rings is 1. The number of rotatable bonds is 7. The predicted molar refractivity (Wildman–Crippen MR) is 98.3 cm³/mol. The van der Waals surface area contributed by atoms with Crippen LogP contribution in [0.4, 0.5) is 0 Å². The number of hydrogen-bond acceptors (Lipinski definition) is 3. The fraction of sp³-hybridized carbons (Fsp3) is 0.529. The molecule has 5 nitrogen and oxygen atoms in total. The van der Waals surface area contributed by atoms with Crippen molar-refractivity contribution in [2.24, 2.45) is 0 Å². The summed E-state index contributed by atoms with van der Waals surface area (Å²) in [5, 5.41) is 1.44. The summed E-state index contributed by atoms with van der Waals surface area (Å²) in [6.45, 7) is 10.7. The minimum absolute atomic E-state index is 0.310. The highest BCUT2D eigenvalue weighted by atomic mass is 35.5. The van der Waals surface area contributed by atoms with E-state index in [0.717, 1.165) is 23.5 Å². The smallest absolute Gasteiger partial charge is 0.354 e. The van der Waals surface area contributed by atoms with Gasteiger partial charge in [0.25, 0.3) is 5.15 Å². The normalized spacial score (nSPS) is 11.9.